The maximum atomic E-state index is 3.45. The van der Waals surface area contributed by atoms with Crippen molar-refractivity contribution < 1.29 is 0 Å². The minimum atomic E-state index is 0.327. The zero-order chi connectivity index (χ0) is 13.8. The van der Waals surface area contributed by atoms with Gasteiger partial charge in [0.15, 0.2) is 0 Å². The highest BCUT2D eigenvalue weighted by atomic mass is 32.1. The summed E-state index contributed by atoms with van der Waals surface area (Å²) in [5, 5.41) is 5.64. The summed E-state index contributed by atoms with van der Waals surface area (Å²) in [4.78, 5) is 1.52. The van der Waals surface area contributed by atoms with E-state index in [1.54, 1.807) is 11.1 Å². The van der Waals surface area contributed by atoms with Gasteiger partial charge in [-0.1, -0.05) is 30.3 Å². The Morgan fingerprint density at radius 3 is 2.90 bits per heavy atom. The van der Waals surface area contributed by atoms with Crippen LogP contribution in [-0.2, 0) is 18.3 Å². The third-order valence-electron chi connectivity index (χ3n) is 4.64. The Balaban J connectivity index is 1.88. The lowest BCUT2D eigenvalue weighted by Crippen LogP contribution is -2.40. The van der Waals surface area contributed by atoms with Gasteiger partial charge >= 0.3 is 0 Å². The third kappa shape index (κ3) is 2.68. The number of hydrogen-bond donors (Lipinski definition) is 1. The summed E-state index contributed by atoms with van der Waals surface area (Å²) in [5.74, 6) is 0. The first kappa shape index (κ1) is 13.8. The lowest BCUT2D eigenvalue weighted by molar-refractivity contribution is 0.325. The fourth-order valence-corrected chi connectivity index (χ4v) is 4.40. The standard InChI is InChI=1S/C18H23NS/c1-19-14-18(12-10-16-8-5-13-20-16)11-4-7-15-6-2-3-9-17(15)18/h2-3,5-6,8-9,13,19H,4,7,10-12,14H2,1H3. The predicted octanol–water partition coefficient (Wildman–Crippen LogP) is 4.17. The second kappa shape index (κ2) is 6.11. The molecule has 1 unspecified atom stereocenters. The minimum Gasteiger partial charge on any atom is -0.319 e. The molecule has 0 bridgehead atoms. The predicted molar refractivity (Wildman–Crippen MR) is 87.6 cm³/mol. The van der Waals surface area contributed by atoms with Crippen molar-refractivity contribution >= 4 is 11.3 Å². The van der Waals surface area contributed by atoms with E-state index in [0.717, 1.165) is 6.54 Å². The number of thiophene rings is 1. The van der Waals surface area contributed by atoms with Crippen LogP contribution in [0.25, 0.3) is 0 Å². The highest BCUT2D eigenvalue weighted by Crippen LogP contribution is 2.40. The maximum Gasteiger partial charge on any atom is 0.00839 e. The van der Waals surface area contributed by atoms with Crippen molar-refractivity contribution in [2.24, 2.45) is 0 Å². The van der Waals surface area contributed by atoms with Crippen LogP contribution in [0.15, 0.2) is 41.8 Å². The normalized spacial score (nSPS) is 21.6. The molecule has 1 atom stereocenters. The zero-order valence-corrected chi connectivity index (χ0v) is 13.0. The number of fused-ring (bicyclic) bond motifs is 1. The average Bonchev–Trinajstić information content (AvgIpc) is 2.99. The van der Waals surface area contributed by atoms with E-state index in [-0.39, 0.29) is 0 Å². The van der Waals surface area contributed by atoms with Gasteiger partial charge in [0.2, 0.25) is 0 Å². The molecular weight excluding hydrogens is 262 g/mol. The van der Waals surface area contributed by atoms with Crippen LogP contribution in [0.3, 0.4) is 0 Å². The van der Waals surface area contributed by atoms with Crippen LogP contribution < -0.4 is 5.32 Å². The molecule has 2 heteroatoms. The van der Waals surface area contributed by atoms with E-state index in [4.69, 9.17) is 0 Å². The molecule has 0 radical (unpaired) electrons. The first-order valence-electron chi connectivity index (χ1n) is 7.59. The van der Waals surface area contributed by atoms with E-state index in [9.17, 15) is 0 Å². The number of hydrogen-bond acceptors (Lipinski definition) is 2. The monoisotopic (exact) mass is 285 g/mol. The smallest absolute Gasteiger partial charge is 0.00839 e. The molecule has 1 aromatic heterocycles. The molecule has 1 aliphatic rings. The molecule has 0 aliphatic heterocycles. The van der Waals surface area contributed by atoms with Gasteiger partial charge in [0.05, 0.1) is 0 Å². The van der Waals surface area contributed by atoms with Gasteiger partial charge < -0.3 is 5.32 Å². The Morgan fingerprint density at radius 2 is 2.10 bits per heavy atom. The molecule has 1 aromatic carbocycles. The van der Waals surface area contributed by atoms with Gasteiger partial charge in [-0.15, -0.1) is 11.3 Å². The van der Waals surface area contributed by atoms with Gasteiger partial charge in [-0.3, -0.25) is 0 Å². The molecule has 20 heavy (non-hydrogen) atoms. The zero-order valence-electron chi connectivity index (χ0n) is 12.2. The highest BCUT2D eigenvalue weighted by Gasteiger charge is 2.35. The summed E-state index contributed by atoms with van der Waals surface area (Å²) >= 11 is 1.89. The van der Waals surface area contributed by atoms with Gasteiger partial charge in [-0.05, 0) is 61.7 Å². The molecule has 1 aliphatic carbocycles. The van der Waals surface area contributed by atoms with E-state index in [1.165, 1.54) is 37.0 Å². The number of likely N-dealkylation sites (N-methyl/N-ethyl adjacent to an activating group) is 1. The Kier molecular flexibility index (Phi) is 4.23. The van der Waals surface area contributed by atoms with Gasteiger partial charge in [-0.2, -0.15) is 0 Å². The summed E-state index contributed by atoms with van der Waals surface area (Å²) in [6, 6.07) is 13.5. The molecule has 0 saturated heterocycles. The molecule has 1 nitrogen and oxygen atoms in total. The highest BCUT2D eigenvalue weighted by molar-refractivity contribution is 7.09. The van der Waals surface area contributed by atoms with E-state index in [1.807, 2.05) is 11.3 Å². The molecule has 0 saturated carbocycles. The van der Waals surface area contributed by atoms with E-state index >= 15 is 0 Å². The average molecular weight is 285 g/mol. The Bertz CT molecular complexity index is 546. The van der Waals surface area contributed by atoms with Crippen molar-refractivity contribution in [3.8, 4) is 0 Å². The van der Waals surface area contributed by atoms with Gasteiger partial charge in [-0.25, -0.2) is 0 Å². The molecular formula is C18H23NS. The molecule has 0 amide bonds. The number of benzene rings is 1. The van der Waals surface area contributed by atoms with Crippen LogP contribution in [0.5, 0.6) is 0 Å². The SMILES string of the molecule is CNCC1(CCc2cccs2)CCCc2ccccc21. The van der Waals surface area contributed by atoms with Gasteiger partial charge in [0.1, 0.15) is 0 Å². The topological polar surface area (TPSA) is 12.0 Å². The largest absolute Gasteiger partial charge is 0.319 e. The Morgan fingerprint density at radius 1 is 1.20 bits per heavy atom. The minimum absolute atomic E-state index is 0.327. The van der Waals surface area contributed by atoms with E-state index in [0.29, 0.717) is 5.41 Å². The Hall–Kier alpha value is -1.12. The molecule has 0 fully saturated rings. The van der Waals surface area contributed by atoms with Crippen LogP contribution in [0, 0.1) is 0 Å². The van der Waals surface area contributed by atoms with Crippen molar-refractivity contribution in [2.75, 3.05) is 13.6 Å². The van der Waals surface area contributed by atoms with Crippen molar-refractivity contribution in [1.29, 1.82) is 0 Å². The molecule has 1 N–H and O–H groups in total. The van der Waals surface area contributed by atoms with Crippen LogP contribution in [0.1, 0.15) is 35.3 Å². The van der Waals surface area contributed by atoms with Crippen LogP contribution in [-0.4, -0.2) is 13.6 Å². The second-order valence-electron chi connectivity index (χ2n) is 5.90. The number of nitrogens with one attached hydrogen (secondary N) is 1. The quantitative estimate of drug-likeness (QED) is 0.869. The molecule has 1 heterocycles. The fraction of sp³-hybridized carbons (Fsp3) is 0.444. The second-order valence-corrected chi connectivity index (χ2v) is 6.93. The van der Waals surface area contributed by atoms with Crippen molar-refractivity contribution in [3.63, 3.8) is 0 Å². The van der Waals surface area contributed by atoms with Crippen LogP contribution >= 0.6 is 11.3 Å². The first-order valence-corrected chi connectivity index (χ1v) is 8.47. The van der Waals surface area contributed by atoms with Crippen LogP contribution in [0.2, 0.25) is 0 Å². The molecule has 106 valence electrons. The summed E-state index contributed by atoms with van der Waals surface area (Å²) in [7, 11) is 2.09. The van der Waals surface area contributed by atoms with Crippen molar-refractivity contribution in [1.82, 2.24) is 5.32 Å². The summed E-state index contributed by atoms with van der Waals surface area (Å²) in [6.45, 7) is 1.09. The summed E-state index contributed by atoms with van der Waals surface area (Å²) in [5.41, 5.74) is 3.49. The summed E-state index contributed by atoms with van der Waals surface area (Å²) in [6.07, 6.45) is 6.35. The maximum absolute atomic E-state index is 3.45. The van der Waals surface area contributed by atoms with Gasteiger partial charge in [0, 0.05) is 16.8 Å². The lowest BCUT2D eigenvalue weighted by Gasteiger charge is -2.39. The molecule has 3 rings (SSSR count). The molecule has 0 spiro atoms. The molecule has 2 aromatic rings. The van der Waals surface area contributed by atoms with Gasteiger partial charge in [0.25, 0.3) is 0 Å². The Labute approximate surface area is 126 Å². The summed E-state index contributed by atoms with van der Waals surface area (Å²) < 4.78 is 0. The first-order chi connectivity index (χ1) is 9.84. The number of aryl methyl sites for hydroxylation is 2. The third-order valence-corrected chi connectivity index (χ3v) is 5.57. The lowest BCUT2D eigenvalue weighted by atomic mass is 9.67. The van der Waals surface area contributed by atoms with E-state index in [2.05, 4.69) is 54.1 Å². The van der Waals surface area contributed by atoms with Crippen LogP contribution in [0.4, 0.5) is 0 Å². The van der Waals surface area contributed by atoms with E-state index < -0.39 is 0 Å². The van der Waals surface area contributed by atoms with Crippen molar-refractivity contribution in [3.05, 3.63) is 57.8 Å². The number of rotatable bonds is 5. The fourth-order valence-electron chi connectivity index (χ4n) is 3.69. The van der Waals surface area contributed by atoms with Crippen molar-refractivity contribution in [2.45, 2.75) is 37.5 Å².